The Balaban J connectivity index is 1.86. The van der Waals surface area contributed by atoms with Crippen LogP contribution in [0.2, 0.25) is 0 Å². The standard InChI is InChI=1S/C18H24N2O4/c1-12(19-17(22)14-9-5-6-10-14)11-15(21)20-16(18(23)24)13-7-3-2-4-8-13/h2-4,7-8,12,14,16H,5-6,9-11H2,1H3,(H,19,22)(H,20,21)(H,23,24). The maximum atomic E-state index is 12.1. The van der Waals surface area contributed by atoms with Crippen LogP contribution in [0.15, 0.2) is 30.3 Å². The van der Waals surface area contributed by atoms with Crippen molar-refractivity contribution in [2.24, 2.45) is 5.92 Å². The lowest BCUT2D eigenvalue weighted by atomic mass is 10.1. The van der Waals surface area contributed by atoms with Crippen molar-refractivity contribution >= 4 is 17.8 Å². The van der Waals surface area contributed by atoms with Gasteiger partial charge in [0.25, 0.3) is 0 Å². The Hall–Kier alpha value is -2.37. The molecule has 2 rings (SSSR count). The minimum absolute atomic E-state index is 0.00866. The van der Waals surface area contributed by atoms with Crippen LogP contribution in [0.3, 0.4) is 0 Å². The van der Waals surface area contributed by atoms with E-state index in [2.05, 4.69) is 10.6 Å². The predicted octanol–water partition coefficient (Wildman–Crippen LogP) is 2.01. The van der Waals surface area contributed by atoms with Crippen LogP contribution in [0.4, 0.5) is 0 Å². The van der Waals surface area contributed by atoms with E-state index in [0.717, 1.165) is 25.7 Å². The number of hydrogen-bond donors (Lipinski definition) is 3. The molecule has 2 unspecified atom stereocenters. The van der Waals surface area contributed by atoms with E-state index in [0.29, 0.717) is 5.56 Å². The van der Waals surface area contributed by atoms with Crippen LogP contribution in [0, 0.1) is 5.92 Å². The van der Waals surface area contributed by atoms with Crippen LogP contribution < -0.4 is 10.6 Å². The summed E-state index contributed by atoms with van der Waals surface area (Å²) < 4.78 is 0. The van der Waals surface area contributed by atoms with Gasteiger partial charge in [-0.15, -0.1) is 0 Å². The molecule has 1 aromatic rings. The molecule has 1 fully saturated rings. The summed E-state index contributed by atoms with van der Waals surface area (Å²) in [6.07, 6.45) is 4.00. The Kier molecular flexibility index (Phi) is 6.35. The Morgan fingerprint density at radius 3 is 2.33 bits per heavy atom. The molecule has 1 aliphatic carbocycles. The number of carbonyl (C=O) groups excluding carboxylic acids is 2. The summed E-state index contributed by atoms with van der Waals surface area (Å²) in [5, 5.41) is 14.7. The summed E-state index contributed by atoms with van der Waals surface area (Å²) in [5.74, 6) is -1.47. The maximum absolute atomic E-state index is 12.1. The van der Waals surface area contributed by atoms with Crippen molar-refractivity contribution < 1.29 is 19.5 Å². The SMILES string of the molecule is CC(CC(=O)NC(C(=O)O)c1ccccc1)NC(=O)C1CCCC1. The van der Waals surface area contributed by atoms with Crippen molar-refractivity contribution in [3.8, 4) is 0 Å². The van der Waals surface area contributed by atoms with Gasteiger partial charge in [0, 0.05) is 18.4 Å². The number of carboxylic acids is 1. The second kappa shape index (κ2) is 8.47. The summed E-state index contributed by atoms with van der Waals surface area (Å²) in [6, 6.07) is 7.13. The molecule has 24 heavy (non-hydrogen) atoms. The highest BCUT2D eigenvalue weighted by Crippen LogP contribution is 2.24. The molecule has 0 radical (unpaired) electrons. The van der Waals surface area contributed by atoms with E-state index in [1.165, 1.54) is 0 Å². The Morgan fingerprint density at radius 1 is 1.12 bits per heavy atom. The summed E-state index contributed by atoms with van der Waals surface area (Å²) in [6.45, 7) is 1.75. The van der Waals surface area contributed by atoms with Gasteiger partial charge in [0.15, 0.2) is 6.04 Å². The zero-order chi connectivity index (χ0) is 17.5. The molecular weight excluding hydrogens is 308 g/mol. The molecule has 2 amide bonds. The Labute approximate surface area is 141 Å². The van der Waals surface area contributed by atoms with Gasteiger partial charge in [0.05, 0.1) is 0 Å². The number of rotatable bonds is 7. The summed E-state index contributed by atoms with van der Waals surface area (Å²) in [4.78, 5) is 35.6. The van der Waals surface area contributed by atoms with Gasteiger partial charge in [-0.1, -0.05) is 43.2 Å². The smallest absolute Gasteiger partial charge is 0.330 e. The van der Waals surface area contributed by atoms with Crippen molar-refractivity contribution in [2.45, 2.75) is 51.1 Å². The topological polar surface area (TPSA) is 95.5 Å². The van der Waals surface area contributed by atoms with Crippen molar-refractivity contribution in [2.75, 3.05) is 0 Å². The molecule has 6 nitrogen and oxygen atoms in total. The van der Waals surface area contributed by atoms with Crippen LogP contribution in [0.1, 0.15) is 50.6 Å². The average molecular weight is 332 g/mol. The average Bonchev–Trinajstić information content (AvgIpc) is 3.07. The van der Waals surface area contributed by atoms with E-state index >= 15 is 0 Å². The fourth-order valence-electron chi connectivity index (χ4n) is 3.03. The Morgan fingerprint density at radius 2 is 1.75 bits per heavy atom. The number of hydrogen-bond acceptors (Lipinski definition) is 3. The molecule has 1 saturated carbocycles. The molecule has 0 aromatic heterocycles. The fraction of sp³-hybridized carbons (Fsp3) is 0.500. The van der Waals surface area contributed by atoms with Crippen molar-refractivity contribution in [3.63, 3.8) is 0 Å². The van der Waals surface area contributed by atoms with Gasteiger partial charge in [-0.05, 0) is 25.3 Å². The van der Waals surface area contributed by atoms with Crippen LogP contribution in [-0.4, -0.2) is 28.9 Å². The van der Waals surface area contributed by atoms with Crippen LogP contribution in [-0.2, 0) is 14.4 Å². The highest BCUT2D eigenvalue weighted by molar-refractivity contribution is 5.85. The molecular formula is C18H24N2O4. The number of nitrogens with one attached hydrogen (secondary N) is 2. The van der Waals surface area contributed by atoms with Gasteiger partial charge >= 0.3 is 5.97 Å². The van der Waals surface area contributed by atoms with Crippen LogP contribution in [0.5, 0.6) is 0 Å². The zero-order valence-electron chi connectivity index (χ0n) is 13.8. The number of carbonyl (C=O) groups is 3. The lowest BCUT2D eigenvalue weighted by molar-refractivity contribution is -0.142. The highest BCUT2D eigenvalue weighted by Gasteiger charge is 2.26. The van der Waals surface area contributed by atoms with E-state index < -0.39 is 17.9 Å². The third-order valence-corrected chi connectivity index (χ3v) is 4.29. The lowest BCUT2D eigenvalue weighted by Gasteiger charge is -2.19. The van der Waals surface area contributed by atoms with E-state index in [1.807, 2.05) is 0 Å². The van der Waals surface area contributed by atoms with Crippen molar-refractivity contribution in [1.82, 2.24) is 10.6 Å². The number of amides is 2. The molecule has 1 aliphatic rings. The third-order valence-electron chi connectivity index (χ3n) is 4.29. The lowest BCUT2D eigenvalue weighted by Crippen LogP contribution is -2.41. The number of aliphatic carboxylic acids is 1. The first-order valence-electron chi connectivity index (χ1n) is 8.35. The van der Waals surface area contributed by atoms with Crippen LogP contribution in [0.25, 0.3) is 0 Å². The molecule has 3 N–H and O–H groups in total. The first kappa shape index (κ1) is 18.0. The van der Waals surface area contributed by atoms with Gasteiger partial charge in [-0.25, -0.2) is 4.79 Å². The summed E-state index contributed by atoms with van der Waals surface area (Å²) in [7, 11) is 0. The van der Waals surface area contributed by atoms with Gasteiger partial charge in [-0.3, -0.25) is 9.59 Å². The minimum atomic E-state index is -1.11. The largest absolute Gasteiger partial charge is 0.479 e. The second-order valence-electron chi connectivity index (χ2n) is 6.34. The molecule has 0 heterocycles. The molecule has 0 bridgehead atoms. The van der Waals surface area contributed by atoms with Gasteiger partial charge < -0.3 is 15.7 Å². The minimum Gasteiger partial charge on any atom is -0.479 e. The highest BCUT2D eigenvalue weighted by atomic mass is 16.4. The molecule has 1 aromatic carbocycles. The van der Waals surface area contributed by atoms with Crippen molar-refractivity contribution in [3.05, 3.63) is 35.9 Å². The fourth-order valence-corrected chi connectivity index (χ4v) is 3.03. The molecule has 0 aliphatic heterocycles. The first-order chi connectivity index (χ1) is 11.5. The van der Waals surface area contributed by atoms with Crippen molar-refractivity contribution in [1.29, 1.82) is 0 Å². The molecule has 0 spiro atoms. The van der Waals surface area contributed by atoms with E-state index in [9.17, 15) is 19.5 Å². The number of carboxylic acid groups (broad SMARTS) is 1. The van der Waals surface area contributed by atoms with E-state index in [-0.39, 0.29) is 24.3 Å². The number of benzene rings is 1. The van der Waals surface area contributed by atoms with Gasteiger partial charge in [0.2, 0.25) is 11.8 Å². The molecule has 6 heteroatoms. The molecule has 0 saturated heterocycles. The van der Waals surface area contributed by atoms with E-state index in [1.54, 1.807) is 37.3 Å². The van der Waals surface area contributed by atoms with Gasteiger partial charge in [-0.2, -0.15) is 0 Å². The zero-order valence-corrected chi connectivity index (χ0v) is 13.8. The summed E-state index contributed by atoms with van der Waals surface area (Å²) >= 11 is 0. The molecule has 130 valence electrons. The van der Waals surface area contributed by atoms with E-state index in [4.69, 9.17) is 0 Å². The first-order valence-corrected chi connectivity index (χ1v) is 8.35. The predicted molar refractivity (Wildman–Crippen MR) is 89.1 cm³/mol. The quantitative estimate of drug-likeness (QED) is 0.712. The molecule has 2 atom stereocenters. The normalized spacial score (nSPS) is 17.0. The van der Waals surface area contributed by atoms with Crippen LogP contribution >= 0.6 is 0 Å². The van der Waals surface area contributed by atoms with Gasteiger partial charge in [0.1, 0.15) is 0 Å². The maximum Gasteiger partial charge on any atom is 0.330 e. The summed E-state index contributed by atoms with van der Waals surface area (Å²) in [5.41, 5.74) is 0.515. The Bertz CT molecular complexity index is 582. The third kappa shape index (κ3) is 5.08. The second-order valence-corrected chi connectivity index (χ2v) is 6.34. The monoisotopic (exact) mass is 332 g/mol.